The van der Waals surface area contributed by atoms with Gasteiger partial charge < -0.3 is 10.8 Å². The third kappa shape index (κ3) is 1.96. The Morgan fingerprint density at radius 3 is 3.00 bits per heavy atom. The van der Waals surface area contributed by atoms with Crippen molar-refractivity contribution in [1.82, 2.24) is 0 Å². The maximum Gasteiger partial charge on any atom is 0.323 e. The summed E-state index contributed by atoms with van der Waals surface area (Å²) in [5.41, 5.74) is 6.86. The van der Waals surface area contributed by atoms with Crippen molar-refractivity contribution < 1.29 is 14.7 Å². The number of anilines is 2. The second-order valence-electron chi connectivity index (χ2n) is 3.39. The Kier molecular flexibility index (Phi) is 2.74. The lowest BCUT2D eigenvalue weighted by Crippen LogP contribution is -2.39. The average Bonchev–Trinajstić information content (AvgIpc) is 2.22. The maximum atomic E-state index is 11.6. The van der Waals surface area contributed by atoms with Crippen LogP contribution in [0.1, 0.15) is 0 Å². The molecule has 16 heavy (non-hydrogen) atoms. The molecule has 0 saturated carbocycles. The van der Waals surface area contributed by atoms with E-state index in [1.54, 1.807) is 18.2 Å². The minimum atomic E-state index is -1.02. The monoisotopic (exact) mass is 238 g/mol. The quantitative estimate of drug-likeness (QED) is 0.744. The number of thioether (sulfide) groups is 1. The number of carboxylic acids is 1. The number of amides is 1. The highest BCUT2D eigenvalue weighted by Crippen LogP contribution is 2.36. The van der Waals surface area contributed by atoms with Crippen LogP contribution in [-0.4, -0.2) is 29.3 Å². The Morgan fingerprint density at radius 2 is 2.31 bits per heavy atom. The van der Waals surface area contributed by atoms with E-state index in [1.165, 1.54) is 16.7 Å². The van der Waals surface area contributed by atoms with Crippen molar-refractivity contribution in [2.24, 2.45) is 0 Å². The molecule has 0 unspecified atom stereocenters. The minimum absolute atomic E-state index is 0.190. The summed E-state index contributed by atoms with van der Waals surface area (Å²) < 4.78 is 0. The Bertz CT molecular complexity index is 461. The molecule has 84 valence electrons. The summed E-state index contributed by atoms with van der Waals surface area (Å²) in [7, 11) is 0. The van der Waals surface area contributed by atoms with Crippen LogP contribution in [0.15, 0.2) is 23.1 Å². The molecular weight excluding hydrogens is 228 g/mol. The van der Waals surface area contributed by atoms with Crippen LogP contribution >= 0.6 is 11.8 Å². The second kappa shape index (κ2) is 4.05. The first kappa shape index (κ1) is 10.8. The van der Waals surface area contributed by atoms with Gasteiger partial charge in [0.25, 0.3) is 0 Å². The number of carboxylic acid groups (broad SMARTS) is 1. The van der Waals surface area contributed by atoms with Crippen molar-refractivity contribution >= 4 is 35.0 Å². The number of fused-ring (bicyclic) bond motifs is 1. The molecule has 0 atom stereocenters. The van der Waals surface area contributed by atoms with Gasteiger partial charge in [-0.3, -0.25) is 14.5 Å². The van der Waals surface area contributed by atoms with E-state index in [9.17, 15) is 9.59 Å². The van der Waals surface area contributed by atoms with Crippen molar-refractivity contribution in [3.63, 3.8) is 0 Å². The summed E-state index contributed by atoms with van der Waals surface area (Å²) >= 11 is 1.38. The highest BCUT2D eigenvalue weighted by atomic mass is 32.2. The number of hydrogen-bond donors (Lipinski definition) is 2. The number of nitrogen functional groups attached to an aromatic ring is 1. The number of carbonyl (C=O) groups is 2. The molecule has 1 aromatic carbocycles. The molecule has 1 aliphatic rings. The largest absolute Gasteiger partial charge is 0.480 e. The first-order valence-electron chi connectivity index (χ1n) is 4.62. The third-order valence-electron chi connectivity index (χ3n) is 2.22. The molecule has 0 aliphatic carbocycles. The van der Waals surface area contributed by atoms with Gasteiger partial charge in [0.2, 0.25) is 5.91 Å². The van der Waals surface area contributed by atoms with Crippen molar-refractivity contribution in [2.45, 2.75) is 4.90 Å². The number of carbonyl (C=O) groups excluding carboxylic acids is 1. The molecule has 0 fully saturated rings. The molecule has 5 nitrogen and oxygen atoms in total. The van der Waals surface area contributed by atoms with Crippen LogP contribution in [0.5, 0.6) is 0 Å². The number of hydrogen-bond acceptors (Lipinski definition) is 4. The summed E-state index contributed by atoms with van der Waals surface area (Å²) in [5, 5.41) is 8.74. The standard InChI is InChI=1S/C10H10N2O3S/c11-6-1-2-7-8(3-6)16-5-9(13)12(7)4-10(14)15/h1-3H,4-5,11H2,(H,14,15). The molecule has 1 aliphatic heterocycles. The summed E-state index contributed by atoms with van der Waals surface area (Å²) in [6.45, 7) is -0.309. The number of aliphatic carboxylic acids is 1. The van der Waals surface area contributed by atoms with Gasteiger partial charge in [0.15, 0.2) is 0 Å². The van der Waals surface area contributed by atoms with E-state index in [0.29, 0.717) is 11.4 Å². The summed E-state index contributed by atoms with van der Waals surface area (Å²) in [6, 6.07) is 5.09. The minimum Gasteiger partial charge on any atom is -0.480 e. The summed E-state index contributed by atoms with van der Waals surface area (Å²) in [6.07, 6.45) is 0. The third-order valence-corrected chi connectivity index (χ3v) is 3.25. The van der Waals surface area contributed by atoms with Gasteiger partial charge in [-0.25, -0.2) is 0 Å². The lowest BCUT2D eigenvalue weighted by molar-refractivity contribution is -0.136. The summed E-state index contributed by atoms with van der Waals surface area (Å²) in [5.74, 6) is -0.961. The Morgan fingerprint density at radius 1 is 1.56 bits per heavy atom. The van der Waals surface area contributed by atoms with Gasteiger partial charge in [0, 0.05) is 10.6 Å². The lowest BCUT2D eigenvalue weighted by Gasteiger charge is -2.27. The lowest BCUT2D eigenvalue weighted by atomic mass is 10.2. The van der Waals surface area contributed by atoms with E-state index in [-0.39, 0.29) is 18.2 Å². The zero-order chi connectivity index (χ0) is 11.7. The fourth-order valence-corrected chi connectivity index (χ4v) is 2.51. The van der Waals surface area contributed by atoms with Crippen molar-refractivity contribution in [1.29, 1.82) is 0 Å². The van der Waals surface area contributed by atoms with Crippen LogP contribution in [-0.2, 0) is 9.59 Å². The van der Waals surface area contributed by atoms with Gasteiger partial charge >= 0.3 is 5.97 Å². The van der Waals surface area contributed by atoms with E-state index >= 15 is 0 Å². The first-order valence-corrected chi connectivity index (χ1v) is 5.61. The molecule has 1 aromatic rings. The molecule has 2 rings (SSSR count). The fourth-order valence-electron chi connectivity index (χ4n) is 1.53. The highest BCUT2D eigenvalue weighted by molar-refractivity contribution is 8.00. The molecule has 0 aromatic heterocycles. The van der Waals surface area contributed by atoms with Gasteiger partial charge in [-0.1, -0.05) is 0 Å². The van der Waals surface area contributed by atoms with Crippen LogP contribution < -0.4 is 10.6 Å². The molecule has 0 radical (unpaired) electrons. The zero-order valence-electron chi connectivity index (χ0n) is 8.34. The van der Waals surface area contributed by atoms with Crippen LogP contribution in [0.4, 0.5) is 11.4 Å². The van der Waals surface area contributed by atoms with E-state index in [4.69, 9.17) is 10.8 Å². The SMILES string of the molecule is Nc1ccc2c(c1)SCC(=O)N2CC(=O)O. The van der Waals surface area contributed by atoms with E-state index in [1.807, 2.05) is 0 Å². The second-order valence-corrected chi connectivity index (χ2v) is 4.41. The predicted molar refractivity (Wildman–Crippen MR) is 61.6 cm³/mol. The molecule has 0 bridgehead atoms. The van der Waals surface area contributed by atoms with Gasteiger partial charge in [-0.05, 0) is 18.2 Å². The topological polar surface area (TPSA) is 83.6 Å². The van der Waals surface area contributed by atoms with Gasteiger partial charge in [-0.15, -0.1) is 11.8 Å². The Balaban J connectivity index is 2.40. The molecule has 1 amide bonds. The fraction of sp³-hybridized carbons (Fsp3) is 0.200. The molecule has 6 heteroatoms. The highest BCUT2D eigenvalue weighted by Gasteiger charge is 2.26. The van der Waals surface area contributed by atoms with Crippen LogP contribution in [0.25, 0.3) is 0 Å². The van der Waals surface area contributed by atoms with Crippen LogP contribution in [0, 0.1) is 0 Å². The number of nitrogens with zero attached hydrogens (tertiary/aromatic N) is 1. The van der Waals surface area contributed by atoms with E-state index in [2.05, 4.69) is 0 Å². The van der Waals surface area contributed by atoms with Gasteiger partial charge in [0.05, 0.1) is 11.4 Å². The average molecular weight is 238 g/mol. The van der Waals surface area contributed by atoms with Crippen LogP contribution in [0.3, 0.4) is 0 Å². The Labute approximate surface area is 96.2 Å². The number of nitrogens with two attached hydrogens (primary N) is 1. The van der Waals surface area contributed by atoms with Gasteiger partial charge in [0.1, 0.15) is 6.54 Å². The zero-order valence-corrected chi connectivity index (χ0v) is 9.16. The predicted octanol–water partition coefficient (Wildman–Crippen LogP) is 0.792. The number of rotatable bonds is 2. The normalized spacial score (nSPS) is 14.8. The summed E-state index contributed by atoms with van der Waals surface area (Å²) in [4.78, 5) is 24.4. The van der Waals surface area contributed by atoms with E-state index in [0.717, 1.165) is 4.90 Å². The molecule has 1 heterocycles. The van der Waals surface area contributed by atoms with Crippen LogP contribution in [0.2, 0.25) is 0 Å². The molecular formula is C10H10N2O3S. The van der Waals surface area contributed by atoms with E-state index < -0.39 is 5.97 Å². The first-order chi connectivity index (χ1) is 7.58. The maximum absolute atomic E-state index is 11.6. The van der Waals surface area contributed by atoms with Crippen molar-refractivity contribution in [3.8, 4) is 0 Å². The van der Waals surface area contributed by atoms with Gasteiger partial charge in [-0.2, -0.15) is 0 Å². The molecule has 3 N–H and O–H groups in total. The Hall–Kier alpha value is -1.69. The smallest absolute Gasteiger partial charge is 0.323 e. The van der Waals surface area contributed by atoms with Crippen molar-refractivity contribution in [3.05, 3.63) is 18.2 Å². The number of benzene rings is 1. The molecule has 0 spiro atoms. The molecule has 0 saturated heterocycles. The van der Waals surface area contributed by atoms with Crippen molar-refractivity contribution in [2.75, 3.05) is 22.9 Å².